The number of hydrogen-bond acceptors (Lipinski definition) is 4. The number of ether oxygens (including phenoxy) is 1. The van der Waals surface area contributed by atoms with Crippen LogP contribution in [0, 0.1) is 5.82 Å². The molecule has 1 aliphatic heterocycles. The molecule has 1 atom stereocenters. The van der Waals surface area contributed by atoms with Crippen LogP contribution in [-0.2, 0) is 11.0 Å². The first kappa shape index (κ1) is 24.5. The number of amides is 1. The molecule has 1 aliphatic rings. The van der Waals surface area contributed by atoms with Gasteiger partial charge in [-0.25, -0.2) is 9.40 Å². The highest BCUT2D eigenvalue weighted by Crippen LogP contribution is 2.35. The fourth-order valence-corrected chi connectivity index (χ4v) is 3.27. The van der Waals surface area contributed by atoms with Crippen molar-refractivity contribution in [1.29, 1.82) is 0 Å². The van der Waals surface area contributed by atoms with E-state index < -0.39 is 35.1 Å². The molecule has 168 valence electrons. The predicted octanol–water partition coefficient (Wildman–Crippen LogP) is 4.36. The van der Waals surface area contributed by atoms with Gasteiger partial charge in [0.2, 0.25) is 5.91 Å². The summed E-state index contributed by atoms with van der Waals surface area (Å²) in [5.41, 5.74) is 6.73. The van der Waals surface area contributed by atoms with Crippen LogP contribution in [0.25, 0.3) is 0 Å². The van der Waals surface area contributed by atoms with Gasteiger partial charge in [-0.1, -0.05) is 37.3 Å². The lowest BCUT2D eigenvalue weighted by Gasteiger charge is -2.35. The first-order chi connectivity index (χ1) is 14.6. The Morgan fingerprint density at radius 2 is 1.94 bits per heavy atom. The van der Waals surface area contributed by atoms with Gasteiger partial charge in [0, 0.05) is 24.5 Å². The van der Waals surface area contributed by atoms with Gasteiger partial charge in [0.15, 0.2) is 0 Å². The molecule has 31 heavy (non-hydrogen) atoms. The van der Waals surface area contributed by atoms with Crippen LogP contribution < -0.4 is 15.9 Å². The SMILES string of the molecule is CC(=O)N(NC(=S)c1cc(C(F)(F)F)ccc1F)C1CCOc2ccccc21.CCN. The highest BCUT2D eigenvalue weighted by atomic mass is 32.1. The molecular formula is C21H23F4N3O2S. The number of carbonyl (C=O) groups excluding carboxylic acids is 1. The standard InChI is InChI=1S/C19H16F4N2O2S.C2H7N/c1-11(26)25(16-8-9-27-17-5-3-2-4-13(16)17)24-18(28)14-10-12(19(21,22)23)6-7-15(14)20;1-2-3/h2-7,10,16H,8-9H2,1H3,(H,24,28);2-3H2,1H3. The van der Waals surface area contributed by atoms with Crippen LogP contribution in [0.2, 0.25) is 0 Å². The second kappa shape index (κ2) is 10.5. The second-order valence-electron chi connectivity index (χ2n) is 6.62. The maximum absolute atomic E-state index is 14.1. The van der Waals surface area contributed by atoms with E-state index in [1.54, 1.807) is 24.3 Å². The van der Waals surface area contributed by atoms with Gasteiger partial charge in [-0.05, 0) is 30.8 Å². The van der Waals surface area contributed by atoms with Gasteiger partial charge in [0.05, 0.1) is 18.2 Å². The van der Waals surface area contributed by atoms with Gasteiger partial charge < -0.3 is 10.5 Å². The summed E-state index contributed by atoms with van der Waals surface area (Å²) in [6, 6.07) is 8.61. The summed E-state index contributed by atoms with van der Waals surface area (Å²) in [6.45, 7) is 4.29. The summed E-state index contributed by atoms with van der Waals surface area (Å²) in [4.78, 5) is 11.9. The molecular weight excluding hydrogens is 434 g/mol. The lowest BCUT2D eigenvalue weighted by molar-refractivity contribution is -0.137. The van der Waals surface area contributed by atoms with Crippen molar-refractivity contribution in [2.75, 3.05) is 13.2 Å². The third-order valence-electron chi connectivity index (χ3n) is 4.34. The molecule has 0 saturated heterocycles. The molecule has 5 nitrogen and oxygen atoms in total. The van der Waals surface area contributed by atoms with E-state index >= 15 is 0 Å². The van der Waals surface area contributed by atoms with E-state index in [9.17, 15) is 22.4 Å². The van der Waals surface area contributed by atoms with Crippen molar-refractivity contribution in [1.82, 2.24) is 10.4 Å². The molecule has 1 amide bonds. The normalized spacial score (nSPS) is 15.0. The molecule has 1 heterocycles. The Bertz CT molecular complexity index is 937. The van der Waals surface area contributed by atoms with Crippen molar-refractivity contribution in [3.63, 3.8) is 0 Å². The Morgan fingerprint density at radius 1 is 1.29 bits per heavy atom. The maximum Gasteiger partial charge on any atom is 0.416 e. The van der Waals surface area contributed by atoms with Crippen LogP contribution in [-0.4, -0.2) is 29.1 Å². The average molecular weight is 457 g/mol. The number of hydrogen-bond donors (Lipinski definition) is 2. The van der Waals surface area contributed by atoms with E-state index in [-0.39, 0.29) is 4.99 Å². The summed E-state index contributed by atoms with van der Waals surface area (Å²) in [5.74, 6) is -0.735. The Morgan fingerprint density at radius 3 is 2.55 bits per heavy atom. The van der Waals surface area contributed by atoms with Crippen LogP contribution in [0.5, 0.6) is 5.75 Å². The number of nitrogens with one attached hydrogen (secondary N) is 1. The topological polar surface area (TPSA) is 67.6 Å². The van der Waals surface area contributed by atoms with Crippen LogP contribution in [0.15, 0.2) is 42.5 Å². The Labute approximate surface area is 183 Å². The average Bonchev–Trinajstić information content (AvgIpc) is 2.71. The molecule has 0 radical (unpaired) electrons. The summed E-state index contributed by atoms with van der Waals surface area (Å²) in [7, 11) is 0. The molecule has 1 unspecified atom stereocenters. The number of para-hydroxylation sites is 1. The number of fused-ring (bicyclic) bond motifs is 1. The van der Waals surface area contributed by atoms with E-state index in [1.807, 2.05) is 6.92 Å². The van der Waals surface area contributed by atoms with Gasteiger partial charge in [0.25, 0.3) is 0 Å². The first-order valence-electron chi connectivity index (χ1n) is 9.49. The fourth-order valence-electron chi connectivity index (χ4n) is 3.01. The van der Waals surface area contributed by atoms with Gasteiger partial charge in [-0.2, -0.15) is 13.2 Å². The molecule has 0 spiro atoms. The van der Waals surface area contributed by atoms with E-state index in [0.717, 1.165) is 12.1 Å². The zero-order valence-corrected chi connectivity index (χ0v) is 17.8. The molecule has 0 fully saturated rings. The van der Waals surface area contributed by atoms with Gasteiger partial charge in [-0.15, -0.1) is 0 Å². The Hall–Kier alpha value is -2.72. The van der Waals surface area contributed by atoms with Crippen molar-refractivity contribution >= 4 is 23.1 Å². The minimum absolute atomic E-state index is 0.317. The van der Waals surface area contributed by atoms with Gasteiger partial charge >= 0.3 is 6.18 Å². The third-order valence-corrected chi connectivity index (χ3v) is 4.65. The molecule has 0 aliphatic carbocycles. The van der Waals surface area contributed by atoms with E-state index in [1.165, 1.54) is 11.9 Å². The summed E-state index contributed by atoms with van der Waals surface area (Å²) in [5, 5.41) is 1.20. The molecule has 2 aromatic carbocycles. The molecule has 0 aromatic heterocycles. The van der Waals surface area contributed by atoms with Crippen LogP contribution >= 0.6 is 12.2 Å². The quantitative estimate of drug-likeness (QED) is 0.399. The highest BCUT2D eigenvalue weighted by Gasteiger charge is 2.33. The number of carbonyl (C=O) groups is 1. The van der Waals surface area contributed by atoms with E-state index in [2.05, 4.69) is 5.43 Å². The number of thiocarbonyl (C=S) groups is 1. The zero-order chi connectivity index (χ0) is 23.2. The van der Waals surface area contributed by atoms with Gasteiger partial charge in [0.1, 0.15) is 16.6 Å². The molecule has 3 rings (SSSR count). The van der Waals surface area contributed by atoms with Crippen molar-refractivity contribution in [3.8, 4) is 5.75 Å². The Balaban J connectivity index is 0.00000107. The van der Waals surface area contributed by atoms with Crippen molar-refractivity contribution < 1.29 is 27.1 Å². The van der Waals surface area contributed by atoms with Crippen molar-refractivity contribution in [2.45, 2.75) is 32.5 Å². The van der Waals surface area contributed by atoms with Crippen molar-refractivity contribution in [2.24, 2.45) is 5.73 Å². The molecule has 10 heteroatoms. The molecule has 0 bridgehead atoms. The number of hydrazine groups is 1. The summed E-state index contributed by atoms with van der Waals surface area (Å²) < 4.78 is 58.5. The summed E-state index contributed by atoms with van der Waals surface area (Å²) >= 11 is 5.11. The zero-order valence-electron chi connectivity index (χ0n) is 17.0. The minimum Gasteiger partial charge on any atom is -0.493 e. The van der Waals surface area contributed by atoms with Crippen LogP contribution in [0.4, 0.5) is 17.6 Å². The number of alkyl halides is 3. The second-order valence-corrected chi connectivity index (χ2v) is 7.03. The highest BCUT2D eigenvalue weighted by molar-refractivity contribution is 7.80. The van der Waals surface area contributed by atoms with Gasteiger partial charge in [-0.3, -0.25) is 10.2 Å². The van der Waals surface area contributed by atoms with E-state index in [0.29, 0.717) is 37.0 Å². The molecule has 3 N–H and O–H groups in total. The lowest BCUT2D eigenvalue weighted by Crippen LogP contribution is -2.48. The Kier molecular flexibility index (Phi) is 8.35. The van der Waals surface area contributed by atoms with E-state index in [4.69, 9.17) is 22.7 Å². The number of halogens is 4. The lowest BCUT2D eigenvalue weighted by atomic mass is 10.00. The number of nitrogens with two attached hydrogens (primary N) is 1. The first-order valence-corrected chi connectivity index (χ1v) is 9.90. The fraction of sp³-hybridized carbons (Fsp3) is 0.333. The summed E-state index contributed by atoms with van der Waals surface area (Å²) in [6.07, 6.45) is -4.20. The molecule has 2 aromatic rings. The van der Waals surface area contributed by atoms with Crippen molar-refractivity contribution in [3.05, 3.63) is 65.0 Å². The number of nitrogens with zero attached hydrogens (tertiary/aromatic N) is 1. The monoisotopic (exact) mass is 457 g/mol. The number of benzene rings is 2. The number of rotatable bonds is 2. The third kappa shape index (κ3) is 6.14. The largest absolute Gasteiger partial charge is 0.493 e. The van der Waals surface area contributed by atoms with Crippen LogP contribution in [0.1, 0.15) is 43.0 Å². The molecule has 0 saturated carbocycles. The van der Waals surface area contributed by atoms with Crippen LogP contribution in [0.3, 0.4) is 0 Å². The smallest absolute Gasteiger partial charge is 0.416 e. The predicted molar refractivity (Wildman–Crippen MR) is 113 cm³/mol. The minimum atomic E-state index is -4.64. The maximum atomic E-state index is 14.1.